The van der Waals surface area contributed by atoms with Gasteiger partial charge in [0, 0.05) is 37.8 Å². The molecule has 0 spiro atoms. The van der Waals surface area contributed by atoms with Crippen LogP contribution in [0.4, 0.5) is 5.69 Å². The monoisotopic (exact) mass is 389 g/mol. The van der Waals surface area contributed by atoms with Gasteiger partial charge in [0.1, 0.15) is 0 Å². The standard InChI is InChI=1S/C18H20ClN5O3/c1-11-9-12(19)6-7-13(11)21-14(25)5-4-8-24-10-20-16-15(24)17(26)23(3)18(27)22(16)2/h6-7,9-10H,4-5,8H2,1-3H3,(H,21,25). The highest BCUT2D eigenvalue weighted by Gasteiger charge is 2.14. The summed E-state index contributed by atoms with van der Waals surface area (Å²) in [6, 6.07) is 5.28. The average molecular weight is 390 g/mol. The molecule has 0 radical (unpaired) electrons. The van der Waals surface area contributed by atoms with E-state index in [9.17, 15) is 14.4 Å². The molecular formula is C18H20ClN5O3. The fourth-order valence-electron chi connectivity index (χ4n) is 2.96. The Labute approximate surface area is 160 Å². The Kier molecular flexibility index (Phi) is 5.18. The molecule has 142 valence electrons. The van der Waals surface area contributed by atoms with Crippen molar-refractivity contribution in [1.29, 1.82) is 0 Å². The van der Waals surface area contributed by atoms with Gasteiger partial charge in [-0.25, -0.2) is 9.78 Å². The van der Waals surface area contributed by atoms with E-state index < -0.39 is 11.2 Å². The lowest BCUT2D eigenvalue weighted by Crippen LogP contribution is -2.37. The SMILES string of the molecule is Cc1cc(Cl)ccc1NC(=O)CCCn1cnc2c1c(=O)n(C)c(=O)n2C. The molecule has 0 saturated heterocycles. The summed E-state index contributed by atoms with van der Waals surface area (Å²) in [5.41, 5.74) is 1.49. The van der Waals surface area contributed by atoms with Crippen LogP contribution in [-0.2, 0) is 25.4 Å². The molecule has 0 aliphatic heterocycles. The number of anilines is 1. The predicted octanol–water partition coefficient (Wildman–Crippen LogP) is 1.81. The Morgan fingerprint density at radius 1 is 1.22 bits per heavy atom. The number of imidazole rings is 1. The Morgan fingerprint density at radius 3 is 2.67 bits per heavy atom. The van der Waals surface area contributed by atoms with Crippen molar-refractivity contribution in [3.05, 3.63) is 56.0 Å². The maximum absolute atomic E-state index is 12.4. The number of nitrogens with zero attached hydrogens (tertiary/aromatic N) is 4. The fourth-order valence-corrected chi connectivity index (χ4v) is 3.18. The van der Waals surface area contributed by atoms with Gasteiger partial charge in [0.05, 0.1) is 6.33 Å². The average Bonchev–Trinajstić information content (AvgIpc) is 3.04. The Hall–Kier alpha value is -2.87. The van der Waals surface area contributed by atoms with Gasteiger partial charge in [-0.1, -0.05) is 11.6 Å². The summed E-state index contributed by atoms with van der Waals surface area (Å²) >= 11 is 5.92. The van der Waals surface area contributed by atoms with Gasteiger partial charge in [0.15, 0.2) is 11.2 Å². The summed E-state index contributed by atoms with van der Waals surface area (Å²) in [7, 11) is 3.01. The van der Waals surface area contributed by atoms with Gasteiger partial charge < -0.3 is 9.88 Å². The van der Waals surface area contributed by atoms with Crippen LogP contribution >= 0.6 is 11.6 Å². The molecule has 9 heteroatoms. The lowest BCUT2D eigenvalue weighted by atomic mass is 10.2. The highest BCUT2D eigenvalue weighted by atomic mass is 35.5. The van der Waals surface area contributed by atoms with Gasteiger partial charge in [-0.3, -0.25) is 18.7 Å². The number of carbonyl (C=O) groups excluding carboxylic acids is 1. The van der Waals surface area contributed by atoms with E-state index in [0.717, 1.165) is 15.8 Å². The van der Waals surface area contributed by atoms with E-state index in [1.54, 1.807) is 29.8 Å². The van der Waals surface area contributed by atoms with E-state index in [1.165, 1.54) is 17.9 Å². The molecule has 0 atom stereocenters. The summed E-state index contributed by atoms with van der Waals surface area (Å²) in [6.45, 7) is 2.32. The summed E-state index contributed by atoms with van der Waals surface area (Å²) in [5, 5.41) is 3.48. The second kappa shape index (κ2) is 7.40. The van der Waals surface area contributed by atoms with Crippen molar-refractivity contribution >= 4 is 34.4 Å². The van der Waals surface area contributed by atoms with E-state index in [2.05, 4.69) is 10.3 Å². The molecule has 8 nitrogen and oxygen atoms in total. The number of rotatable bonds is 5. The minimum absolute atomic E-state index is 0.120. The van der Waals surface area contributed by atoms with Crippen LogP contribution in [0.1, 0.15) is 18.4 Å². The number of hydrogen-bond donors (Lipinski definition) is 1. The third kappa shape index (κ3) is 3.66. The van der Waals surface area contributed by atoms with E-state index in [-0.39, 0.29) is 12.3 Å². The Balaban J connectivity index is 1.70. The molecule has 0 bridgehead atoms. The highest BCUT2D eigenvalue weighted by molar-refractivity contribution is 6.30. The summed E-state index contributed by atoms with van der Waals surface area (Å²) in [4.78, 5) is 40.7. The normalized spacial score (nSPS) is 11.1. The van der Waals surface area contributed by atoms with E-state index >= 15 is 0 Å². The van der Waals surface area contributed by atoms with E-state index in [0.29, 0.717) is 29.2 Å². The van der Waals surface area contributed by atoms with Crippen molar-refractivity contribution in [2.45, 2.75) is 26.3 Å². The molecule has 27 heavy (non-hydrogen) atoms. The third-order valence-electron chi connectivity index (χ3n) is 4.48. The molecule has 0 unspecified atom stereocenters. The van der Waals surface area contributed by atoms with Gasteiger partial charge in [0.25, 0.3) is 5.56 Å². The first-order chi connectivity index (χ1) is 12.8. The van der Waals surface area contributed by atoms with Gasteiger partial charge in [-0.05, 0) is 37.1 Å². The first kappa shape index (κ1) is 18.9. The molecule has 2 heterocycles. The maximum atomic E-state index is 12.4. The van der Waals surface area contributed by atoms with Crippen LogP contribution in [0.25, 0.3) is 11.2 Å². The second-order valence-electron chi connectivity index (χ2n) is 6.43. The van der Waals surface area contributed by atoms with Crippen LogP contribution in [0.5, 0.6) is 0 Å². The molecule has 2 aromatic heterocycles. The Bertz CT molecular complexity index is 1140. The van der Waals surface area contributed by atoms with Crippen LogP contribution in [0.3, 0.4) is 0 Å². The summed E-state index contributed by atoms with van der Waals surface area (Å²) in [5.74, 6) is -0.120. The van der Waals surface area contributed by atoms with Gasteiger partial charge >= 0.3 is 5.69 Å². The zero-order chi connectivity index (χ0) is 19.7. The Morgan fingerprint density at radius 2 is 1.96 bits per heavy atom. The number of benzene rings is 1. The van der Waals surface area contributed by atoms with Gasteiger partial charge in [-0.15, -0.1) is 0 Å². The number of halogens is 1. The van der Waals surface area contributed by atoms with Gasteiger partial charge in [-0.2, -0.15) is 0 Å². The van der Waals surface area contributed by atoms with Crippen molar-refractivity contribution in [3.8, 4) is 0 Å². The molecular weight excluding hydrogens is 370 g/mol. The van der Waals surface area contributed by atoms with Crippen molar-refractivity contribution in [2.24, 2.45) is 14.1 Å². The summed E-state index contributed by atoms with van der Waals surface area (Å²) < 4.78 is 4.07. The summed E-state index contributed by atoms with van der Waals surface area (Å²) in [6.07, 6.45) is 2.33. The highest BCUT2D eigenvalue weighted by Crippen LogP contribution is 2.19. The fraction of sp³-hybridized carbons (Fsp3) is 0.333. The van der Waals surface area contributed by atoms with Crippen molar-refractivity contribution in [2.75, 3.05) is 5.32 Å². The zero-order valence-electron chi connectivity index (χ0n) is 15.3. The minimum Gasteiger partial charge on any atom is -0.326 e. The first-order valence-corrected chi connectivity index (χ1v) is 8.84. The number of nitrogens with one attached hydrogen (secondary N) is 1. The largest absolute Gasteiger partial charge is 0.332 e. The first-order valence-electron chi connectivity index (χ1n) is 8.46. The number of hydrogen-bond acceptors (Lipinski definition) is 4. The number of fused-ring (bicyclic) bond motifs is 1. The zero-order valence-corrected chi connectivity index (χ0v) is 16.1. The van der Waals surface area contributed by atoms with Crippen LogP contribution < -0.4 is 16.6 Å². The molecule has 0 aliphatic rings. The maximum Gasteiger partial charge on any atom is 0.332 e. The third-order valence-corrected chi connectivity index (χ3v) is 4.72. The quantitative estimate of drug-likeness (QED) is 0.720. The molecule has 3 rings (SSSR count). The number of carbonyl (C=O) groups is 1. The molecule has 3 aromatic rings. The smallest absolute Gasteiger partial charge is 0.326 e. The van der Waals surface area contributed by atoms with Crippen molar-refractivity contribution < 1.29 is 4.79 Å². The predicted molar refractivity (Wildman–Crippen MR) is 104 cm³/mol. The molecule has 1 amide bonds. The number of aromatic nitrogens is 4. The lowest BCUT2D eigenvalue weighted by Gasteiger charge is -2.09. The second-order valence-corrected chi connectivity index (χ2v) is 6.86. The molecule has 0 saturated carbocycles. The van der Waals surface area contributed by atoms with Gasteiger partial charge in [0.2, 0.25) is 5.91 Å². The van der Waals surface area contributed by atoms with Crippen LogP contribution in [0.15, 0.2) is 34.1 Å². The van der Waals surface area contributed by atoms with Crippen LogP contribution in [0.2, 0.25) is 5.02 Å². The van der Waals surface area contributed by atoms with Crippen LogP contribution in [0, 0.1) is 6.92 Å². The topological polar surface area (TPSA) is 90.9 Å². The lowest BCUT2D eigenvalue weighted by molar-refractivity contribution is -0.116. The van der Waals surface area contributed by atoms with E-state index in [1.807, 2.05) is 6.92 Å². The van der Waals surface area contributed by atoms with Crippen LogP contribution in [-0.4, -0.2) is 24.6 Å². The molecule has 0 aliphatic carbocycles. The molecule has 1 N–H and O–H groups in total. The molecule has 0 fully saturated rings. The number of aryl methyl sites for hydroxylation is 3. The van der Waals surface area contributed by atoms with Crippen molar-refractivity contribution in [3.63, 3.8) is 0 Å². The minimum atomic E-state index is -0.421. The van der Waals surface area contributed by atoms with E-state index in [4.69, 9.17) is 11.6 Å². The van der Waals surface area contributed by atoms with Crippen molar-refractivity contribution in [1.82, 2.24) is 18.7 Å². The number of amides is 1. The molecule has 1 aromatic carbocycles.